The highest BCUT2D eigenvalue weighted by molar-refractivity contribution is 5.82. The van der Waals surface area contributed by atoms with Crippen molar-refractivity contribution < 1.29 is 13.9 Å². The number of carbonyl (C=O) groups excluding carboxylic acids is 1. The summed E-state index contributed by atoms with van der Waals surface area (Å²) in [5, 5.41) is 0. The largest absolute Gasteiger partial charge is 0.378 e. The van der Waals surface area contributed by atoms with Crippen LogP contribution in [0.1, 0.15) is 12.6 Å². The molecule has 1 aromatic heterocycles. The van der Waals surface area contributed by atoms with Crippen molar-refractivity contribution >= 4 is 11.7 Å². The molecule has 3 rings (SSSR count). The van der Waals surface area contributed by atoms with E-state index in [-0.39, 0.29) is 17.6 Å². The predicted octanol–water partition coefficient (Wildman–Crippen LogP) is 0.473. The summed E-state index contributed by atoms with van der Waals surface area (Å²) in [4.78, 5) is 23.9. The molecule has 0 N–H and O–H groups in total. The number of anilines is 1. The van der Waals surface area contributed by atoms with E-state index in [1.807, 2.05) is 11.8 Å². The minimum Gasteiger partial charge on any atom is -0.378 e. The van der Waals surface area contributed by atoms with Crippen molar-refractivity contribution in [3.05, 3.63) is 17.8 Å². The fraction of sp³-hybridized carbons (Fsp3) is 0.643. The average molecular weight is 294 g/mol. The highest BCUT2D eigenvalue weighted by Crippen LogP contribution is 2.27. The zero-order chi connectivity index (χ0) is 14.8. The number of rotatable bonds is 3. The van der Waals surface area contributed by atoms with Gasteiger partial charge in [0.2, 0.25) is 5.91 Å². The lowest BCUT2D eigenvalue weighted by molar-refractivity contribution is -0.140. The first-order valence-corrected chi connectivity index (χ1v) is 7.31. The van der Waals surface area contributed by atoms with Crippen molar-refractivity contribution in [1.82, 2.24) is 14.9 Å². The first kappa shape index (κ1) is 14.2. The monoisotopic (exact) mass is 294 g/mol. The van der Waals surface area contributed by atoms with Gasteiger partial charge in [0.05, 0.1) is 24.8 Å². The van der Waals surface area contributed by atoms with Crippen molar-refractivity contribution in [2.24, 2.45) is 5.92 Å². The fourth-order valence-corrected chi connectivity index (χ4v) is 2.71. The van der Waals surface area contributed by atoms with Gasteiger partial charge in [0.15, 0.2) is 11.6 Å². The number of halogens is 1. The van der Waals surface area contributed by atoms with E-state index in [1.54, 1.807) is 4.90 Å². The van der Waals surface area contributed by atoms with Gasteiger partial charge in [0.25, 0.3) is 0 Å². The summed E-state index contributed by atoms with van der Waals surface area (Å²) < 4.78 is 19.4. The van der Waals surface area contributed by atoms with Gasteiger partial charge in [-0.05, 0) is 6.42 Å². The summed E-state index contributed by atoms with van der Waals surface area (Å²) in [5.41, 5.74) is 0.419. The molecule has 0 atom stereocenters. The maximum Gasteiger partial charge on any atom is 0.229 e. The van der Waals surface area contributed by atoms with Crippen molar-refractivity contribution in [2.75, 3.05) is 44.3 Å². The molecule has 0 aromatic carbocycles. The van der Waals surface area contributed by atoms with Crippen LogP contribution in [0.4, 0.5) is 10.2 Å². The van der Waals surface area contributed by atoms with Crippen LogP contribution >= 0.6 is 0 Å². The lowest BCUT2D eigenvalue weighted by Gasteiger charge is -2.42. The normalized spacial score (nSPS) is 19.5. The third-order valence-corrected chi connectivity index (χ3v) is 4.03. The maximum atomic E-state index is 14.1. The van der Waals surface area contributed by atoms with Gasteiger partial charge in [-0.15, -0.1) is 0 Å². The van der Waals surface area contributed by atoms with Crippen LogP contribution in [0.3, 0.4) is 0 Å². The Morgan fingerprint density at radius 2 is 2.10 bits per heavy atom. The van der Waals surface area contributed by atoms with Crippen LogP contribution in [-0.4, -0.2) is 60.2 Å². The Morgan fingerprint density at radius 3 is 2.76 bits per heavy atom. The SMILES string of the molecule is CCc1ncnc(N2CC(C(=O)N3CCOCC3)C2)c1F. The summed E-state index contributed by atoms with van der Waals surface area (Å²) in [6.07, 6.45) is 1.92. The number of amides is 1. The van der Waals surface area contributed by atoms with E-state index < -0.39 is 0 Å². The number of aromatic nitrogens is 2. The van der Waals surface area contributed by atoms with E-state index in [0.717, 1.165) is 0 Å². The maximum absolute atomic E-state index is 14.1. The molecular formula is C14H19FN4O2. The van der Waals surface area contributed by atoms with Gasteiger partial charge >= 0.3 is 0 Å². The molecule has 0 radical (unpaired) electrons. The molecule has 6 nitrogen and oxygen atoms in total. The first-order valence-electron chi connectivity index (χ1n) is 7.31. The Hall–Kier alpha value is -1.76. The number of aryl methyl sites for hydroxylation is 1. The van der Waals surface area contributed by atoms with Crippen molar-refractivity contribution in [3.63, 3.8) is 0 Å². The van der Waals surface area contributed by atoms with Crippen LogP contribution in [-0.2, 0) is 16.0 Å². The number of nitrogens with zero attached hydrogens (tertiary/aromatic N) is 4. The zero-order valence-electron chi connectivity index (χ0n) is 12.1. The molecule has 0 aliphatic carbocycles. The molecule has 2 aliphatic heterocycles. The lowest BCUT2D eigenvalue weighted by Crippen LogP contribution is -2.56. The van der Waals surface area contributed by atoms with E-state index in [1.165, 1.54) is 6.33 Å². The number of hydrogen-bond donors (Lipinski definition) is 0. The zero-order valence-corrected chi connectivity index (χ0v) is 12.1. The highest BCUT2D eigenvalue weighted by atomic mass is 19.1. The van der Waals surface area contributed by atoms with Gasteiger partial charge in [-0.25, -0.2) is 14.4 Å². The Kier molecular flexibility index (Phi) is 4.01. The second-order valence-corrected chi connectivity index (χ2v) is 5.35. The second-order valence-electron chi connectivity index (χ2n) is 5.35. The molecule has 1 amide bonds. The van der Waals surface area contributed by atoms with Gasteiger partial charge < -0.3 is 14.5 Å². The van der Waals surface area contributed by atoms with Gasteiger partial charge in [-0.1, -0.05) is 6.92 Å². The van der Waals surface area contributed by atoms with Crippen LogP contribution in [0.2, 0.25) is 0 Å². The van der Waals surface area contributed by atoms with Crippen LogP contribution < -0.4 is 4.90 Å². The highest BCUT2D eigenvalue weighted by Gasteiger charge is 2.37. The van der Waals surface area contributed by atoms with E-state index in [9.17, 15) is 9.18 Å². The first-order chi connectivity index (χ1) is 10.2. The molecule has 0 spiro atoms. The van der Waals surface area contributed by atoms with Crippen LogP contribution in [0.25, 0.3) is 0 Å². The minimum atomic E-state index is -0.364. The Bertz CT molecular complexity index is 528. The number of ether oxygens (including phenoxy) is 1. The number of morpholine rings is 1. The minimum absolute atomic E-state index is 0.0671. The quantitative estimate of drug-likeness (QED) is 0.811. The van der Waals surface area contributed by atoms with Crippen molar-refractivity contribution in [1.29, 1.82) is 0 Å². The van der Waals surface area contributed by atoms with E-state index in [2.05, 4.69) is 9.97 Å². The van der Waals surface area contributed by atoms with E-state index in [0.29, 0.717) is 57.3 Å². The van der Waals surface area contributed by atoms with Gasteiger partial charge in [0, 0.05) is 26.2 Å². The molecule has 21 heavy (non-hydrogen) atoms. The lowest BCUT2D eigenvalue weighted by atomic mass is 9.98. The Labute approximate surface area is 122 Å². The predicted molar refractivity (Wildman–Crippen MR) is 74.5 cm³/mol. The molecule has 2 fully saturated rings. The molecule has 2 aliphatic rings. The Morgan fingerprint density at radius 1 is 1.38 bits per heavy atom. The summed E-state index contributed by atoms with van der Waals surface area (Å²) >= 11 is 0. The number of hydrogen-bond acceptors (Lipinski definition) is 5. The third kappa shape index (κ3) is 2.70. The summed E-state index contributed by atoms with van der Waals surface area (Å²) in [5.74, 6) is 0.0208. The smallest absolute Gasteiger partial charge is 0.229 e. The molecular weight excluding hydrogens is 275 g/mol. The van der Waals surface area contributed by atoms with E-state index >= 15 is 0 Å². The standard InChI is InChI=1S/C14H19FN4O2/c1-2-11-12(15)13(17-9-16-11)19-7-10(8-19)14(20)18-3-5-21-6-4-18/h9-10H,2-8H2,1H3. The molecule has 3 heterocycles. The van der Waals surface area contributed by atoms with Crippen molar-refractivity contribution in [2.45, 2.75) is 13.3 Å². The molecule has 2 saturated heterocycles. The summed E-state index contributed by atoms with van der Waals surface area (Å²) in [7, 11) is 0. The molecule has 0 bridgehead atoms. The second kappa shape index (κ2) is 5.93. The molecule has 0 saturated carbocycles. The topological polar surface area (TPSA) is 58.6 Å². The Balaban J connectivity index is 1.61. The van der Waals surface area contributed by atoms with Crippen LogP contribution in [0.5, 0.6) is 0 Å². The van der Waals surface area contributed by atoms with Crippen molar-refractivity contribution in [3.8, 4) is 0 Å². The molecule has 0 unspecified atom stereocenters. The third-order valence-electron chi connectivity index (χ3n) is 4.03. The molecule has 7 heteroatoms. The number of carbonyl (C=O) groups is 1. The molecule has 114 valence electrons. The van der Waals surface area contributed by atoms with E-state index in [4.69, 9.17) is 4.74 Å². The van der Waals surface area contributed by atoms with Crippen LogP contribution in [0, 0.1) is 11.7 Å². The van der Waals surface area contributed by atoms with Gasteiger partial charge in [-0.3, -0.25) is 4.79 Å². The van der Waals surface area contributed by atoms with Crippen LogP contribution in [0.15, 0.2) is 6.33 Å². The molecule has 1 aromatic rings. The van der Waals surface area contributed by atoms with Gasteiger partial charge in [0.1, 0.15) is 6.33 Å². The fourth-order valence-electron chi connectivity index (χ4n) is 2.71. The summed E-state index contributed by atoms with van der Waals surface area (Å²) in [6, 6.07) is 0. The average Bonchev–Trinajstić information content (AvgIpc) is 2.48. The summed E-state index contributed by atoms with van der Waals surface area (Å²) in [6.45, 7) is 5.40. The van der Waals surface area contributed by atoms with Gasteiger partial charge in [-0.2, -0.15) is 0 Å².